The molecule has 182 valence electrons. The highest BCUT2D eigenvalue weighted by Gasteiger charge is 2.25. The molecule has 2 N–H and O–H groups in total. The van der Waals surface area contributed by atoms with Crippen LogP contribution in [0.3, 0.4) is 0 Å². The fourth-order valence-corrected chi connectivity index (χ4v) is 4.39. The normalized spacial score (nSPS) is 18.3. The van der Waals surface area contributed by atoms with Crippen molar-refractivity contribution in [2.45, 2.75) is 45.1 Å². The number of hydrogen-bond acceptors (Lipinski definition) is 6. The number of ether oxygens (including phenoxy) is 1. The van der Waals surface area contributed by atoms with Gasteiger partial charge in [-0.3, -0.25) is 14.3 Å². The quantitative estimate of drug-likeness (QED) is 0.442. The molecule has 0 saturated heterocycles. The smallest absolute Gasteiger partial charge is 0.272 e. The number of carbonyl (C=O) groups is 1. The summed E-state index contributed by atoms with van der Waals surface area (Å²) in [6, 6.07) is 1.50. The van der Waals surface area contributed by atoms with E-state index in [0.29, 0.717) is 28.7 Å². The Bertz CT molecular complexity index is 1180. The Morgan fingerprint density at radius 2 is 1.88 bits per heavy atom. The Balaban J connectivity index is 1.68. The summed E-state index contributed by atoms with van der Waals surface area (Å²) in [4.78, 5) is 25.8. The molecule has 34 heavy (non-hydrogen) atoms. The van der Waals surface area contributed by atoms with Gasteiger partial charge in [0.2, 0.25) is 11.8 Å². The SMILES string of the molecule is Cn1c(Nc2c(Cl)cncc2Cl)nc2cc(C(=O)N[C@H]3CC[C@H](C)CC3)c(OCC(F)F)nc21. The largest absolute Gasteiger partial charge is 0.471 e. The van der Waals surface area contributed by atoms with Crippen LogP contribution in [0.1, 0.15) is 43.0 Å². The third-order valence-corrected chi connectivity index (χ3v) is 6.41. The average Bonchev–Trinajstić information content (AvgIpc) is 3.10. The molecule has 0 spiro atoms. The van der Waals surface area contributed by atoms with Crippen molar-refractivity contribution < 1.29 is 18.3 Å². The van der Waals surface area contributed by atoms with Gasteiger partial charge in [-0.05, 0) is 37.7 Å². The van der Waals surface area contributed by atoms with Gasteiger partial charge in [-0.15, -0.1) is 0 Å². The van der Waals surface area contributed by atoms with Crippen LogP contribution in [0, 0.1) is 5.92 Å². The van der Waals surface area contributed by atoms with E-state index in [4.69, 9.17) is 27.9 Å². The van der Waals surface area contributed by atoms with Crippen LogP contribution in [0.15, 0.2) is 18.5 Å². The van der Waals surface area contributed by atoms with E-state index >= 15 is 0 Å². The average molecular weight is 513 g/mol. The first-order valence-corrected chi connectivity index (χ1v) is 11.6. The van der Waals surface area contributed by atoms with Gasteiger partial charge in [-0.2, -0.15) is 4.98 Å². The lowest BCUT2D eigenvalue weighted by atomic mass is 9.87. The van der Waals surface area contributed by atoms with Gasteiger partial charge in [-0.1, -0.05) is 30.1 Å². The summed E-state index contributed by atoms with van der Waals surface area (Å²) in [6.45, 7) is 1.30. The maximum atomic E-state index is 13.1. The highest BCUT2D eigenvalue weighted by Crippen LogP contribution is 2.33. The van der Waals surface area contributed by atoms with E-state index in [1.807, 2.05) is 0 Å². The summed E-state index contributed by atoms with van der Waals surface area (Å²) in [5.74, 6) is 0.344. The molecular weight excluding hydrogens is 489 g/mol. The molecule has 0 bridgehead atoms. The third kappa shape index (κ3) is 5.33. The Kier molecular flexibility index (Phi) is 7.37. The molecule has 1 amide bonds. The number of aryl methyl sites for hydroxylation is 1. The molecule has 4 rings (SSSR count). The summed E-state index contributed by atoms with van der Waals surface area (Å²) in [6.07, 6.45) is 3.91. The molecule has 0 unspecified atom stereocenters. The van der Waals surface area contributed by atoms with Crippen LogP contribution in [-0.4, -0.2) is 44.5 Å². The van der Waals surface area contributed by atoms with Gasteiger partial charge in [0.15, 0.2) is 12.3 Å². The monoisotopic (exact) mass is 512 g/mol. The summed E-state index contributed by atoms with van der Waals surface area (Å²) in [5, 5.41) is 6.59. The number of amides is 1. The molecular formula is C22H24Cl2F2N6O2. The minimum absolute atomic E-state index is 0.0132. The molecule has 1 aliphatic rings. The van der Waals surface area contributed by atoms with Crippen molar-refractivity contribution in [3.05, 3.63) is 34.1 Å². The van der Waals surface area contributed by atoms with E-state index in [2.05, 4.69) is 32.5 Å². The topological polar surface area (TPSA) is 94.0 Å². The number of nitrogens with zero attached hydrogens (tertiary/aromatic N) is 4. The third-order valence-electron chi connectivity index (χ3n) is 5.84. The number of anilines is 2. The van der Waals surface area contributed by atoms with E-state index in [-0.39, 0.29) is 27.5 Å². The van der Waals surface area contributed by atoms with Crippen molar-refractivity contribution in [1.82, 2.24) is 24.8 Å². The Labute approximate surface area is 205 Å². The van der Waals surface area contributed by atoms with E-state index < -0.39 is 18.9 Å². The van der Waals surface area contributed by atoms with Gasteiger partial charge in [0, 0.05) is 25.5 Å². The van der Waals surface area contributed by atoms with Gasteiger partial charge in [0.1, 0.15) is 11.1 Å². The zero-order chi connectivity index (χ0) is 24.4. The molecule has 3 aromatic rings. The Hall–Kier alpha value is -2.72. The molecule has 3 aromatic heterocycles. The molecule has 1 fully saturated rings. The lowest BCUT2D eigenvalue weighted by Crippen LogP contribution is -2.37. The van der Waals surface area contributed by atoms with E-state index in [1.165, 1.54) is 18.5 Å². The maximum absolute atomic E-state index is 13.1. The number of carbonyl (C=O) groups excluding carboxylic acids is 1. The maximum Gasteiger partial charge on any atom is 0.272 e. The fourth-order valence-electron chi connectivity index (χ4n) is 3.93. The number of pyridine rings is 2. The van der Waals surface area contributed by atoms with Crippen molar-refractivity contribution in [3.63, 3.8) is 0 Å². The Morgan fingerprint density at radius 1 is 1.21 bits per heavy atom. The van der Waals surface area contributed by atoms with E-state index in [0.717, 1.165) is 25.7 Å². The van der Waals surface area contributed by atoms with Crippen molar-refractivity contribution in [2.75, 3.05) is 11.9 Å². The van der Waals surface area contributed by atoms with Crippen LogP contribution in [-0.2, 0) is 7.05 Å². The van der Waals surface area contributed by atoms with E-state index in [1.54, 1.807) is 11.6 Å². The number of fused-ring (bicyclic) bond motifs is 1. The van der Waals surface area contributed by atoms with Gasteiger partial charge in [-0.25, -0.2) is 13.8 Å². The first-order valence-electron chi connectivity index (χ1n) is 10.9. The predicted molar refractivity (Wildman–Crippen MR) is 126 cm³/mol. The first kappa shape index (κ1) is 24.4. The van der Waals surface area contributed by atoms with Crippen molar-refractivity contribution in [3.8, 4) is 5.88 Å². The molecule has 0 aromatic carbocycles. The molecule has 0 radical (unpaired) electrons. The number of halogens is 4. The number of nitrogens with one attached hydrogen (secondary N) is 2. The number of imidazole rings is 1. The minimum Gasteiger partial charge on any atom is -0.471 e. The standard InChI is InChI=1S/C22H24Cl2F2N6O2/c1-11-3-5-12(6-4-11)28-20(33)13-7-16-19(31-21(13)34-10-17(25)26)32(2)22(29-16)30-18-14(23)8-27-9-15(18)24/h7-9,11-12,17H,3-6,10H2,1-2H3,(H,28,33)(H,27,29,30)/t11-,12-. The van der Waals surface area contributed by atoms with Gasteiger partial charge in [0.05, 0.1) is 15.7 Å². The molecule has 1 aliphatic carbocycles. The van der Waals surface area contributed by atoms with Crippen molar-refractivity contribution >= 4 is 51.9 Å². The molecule has 3 heterocycles. The summed E-state index contributed by atoms with van der Waals surface area (Å²) in [7, 11) is 1.67. The second-order valence-corrected chi connectivity index (χ2v) is 9.23. The second kappa shape index (κ2) is 10.3. The zero-order valence-corrected chi connectivity index (χ0v) is 20.1. The number of aromatic nitrogens is 4. The highest BCUT2D eigenvalue weighted by molar-refractivity contribution is 6.39. The molecule has 0 aliphatic heterocycles. The van der Waals surface area contributed by atoms with Crippen molar-refractivity contribution in [2.24, 2.45) is 13.0 Å². The molecule has 0 atom stereocenters. The lowest BCUT2D eigenvalue weighted by Gasteiger charge is -2.27. The number of rotatable bonds is 7. The molecule has 8 nitrogen and oxygen atoms in total. The predicted octanol–water partition coefficient (Wildman–Crippen LogP) is 5.37. The first-order chi connectivity index (χ1) is 16.2. The van der Waals surface area contributed by atoms with Gasteiger partial charge >= 0.3 is 0 Å². The minimum atomic E-state index is -2.71. The van der Waals surface area contributed by atoms with Crippen molar-refractivity contribution in [1.29, 1.82) is 0 Å². The fraction of sp³-hybridized carbons (Fsp3) is 0.455. The number of hydrogen-bond donors (Lipinski definition) is 2. The van der Waals surface area contributed by atoms with Gasteiger partial charge in [0.25, 0.3) is 12.3 Å². The second-order valence-electron chi connectivity index (χ2n) is 8.41. The highest BCUT2D eigenvalue weighted by atomic mass is 35.5. The van der Waals surface area contributed by atoms with Crippen LogP contribution in [0.5, 0.6) is 5.88 Å². The van der Waals surface area contributed by atoms with Crippen LogP contribution in [0.4, 0.5) is 20.4 Å². The van der Waals surface area contributed by atoms with Crippen LogP contribution in [0.25, 0.3) is 11.2 Å². The lowest BCUT2D eigenvalue weighted by molar-refractivity contribution is 0.0770. The zero-order valence-electron chi connectivity index (χ0n) is 18.6. The summed E-state index contributed by atoms with van der Waals surface area (Å²) < 4.78 is 32.5. The van der Waals surface area contributed by atoms with Crippen LogP contribution >= 0.6 is 23.2 Å². The van der Waals surface area contributed by atoms with E-state index in [9.17, 15) is 13.6 Å². The van der Waals surface area contributed by atoms with Gasteiger partial charge < -0.3 is 15.4 Å². The number of alkyl halides is 2. The Morgan fingerprint density at radius 3 is 2.53 bits per heavy atom. The molecule has 1 saturated carbocycles. The summed E-state index contributed by atoms with van der Waals surface area (Å²) >= 11 is 12.4. The van der Waals surface area contributed by atoms with Crippen LogP contribution in [0.2, 0.25) is 10.0 Å². The van der Waals surface area contributed by atoms with Crippen LogP contribution < -0.4 is 15.4 Å². The summed E-state index contributed by atoms with van der Waals surface area (Å²) in [5.41, 5.74) is 1.15. The molecule has 12 heteroatoms.